The van der Waals surface area contributed by atoms with Gasteiger partial charge in [-0.05, 0) is 75.2 Å². The number of carbonyl (C=O) groups is 1. The van der Waals surface area contributed by atoms with Gasteiger partial charge >= 0.3 is 6.18 Å². The lowest BCUT2D eigenvalue weighted by molar-refractivity contribution is -0.142. The van der Waals surface area contributed by atoms with Gasteiger partial charge in [-0.3, -0.25) is 4.79 Å². The van der Waals surface area contributed by atoms with Gasteiger partial charge in [-0.25, -0.2) is 9.50 Å². The second kappa shape index (κ2) is 5.98. The topological polar surface area (TPSA) is 50.5 Å². The van der Waals surface area contributed by atoms with Gasteiger partial charge in [-0.15, -0.1) is 0 Å². The summed E-state index contributed by atoms with van der Waals surface area (Å²) in [6.45, 7) is 0. The average molecular weight is 418 g/mol. The SMILES string of the molecule is CN(C(=O)c1cnn2c(C(F)(F)F)cc(C3CC3)nc12)C12CC3CC(CC(C3)C1)C2. The third-order valence-electron chi connectivity index (χ3n) is 8.03. The summed E-state index contributed by atoms with van der Waals surface area (Å²) in [6.07, 6.45) is 5.21. The Morgan fingerprint density at radius 2 is 1.73 bits per heavy atom. The number of fused-ring (bicyclic) bond motifs is 1. The number of hydrogen-bond acceptors (Lipinski definition) is 3. The molecule has 0 radical (unpaired) electrons. The van der Waals surface area contributed by atoms with E-state index in [1.807, 2.05) is 11.9 Å². The van der Waals surface area contributed by atoms with Crippen LogP contribution in [-0.4, -0.2) is 38.0 Å². The van der Waals surface area contributed by atoms with E-state index >= 15 is 0 Å². The summed E-state index contributed by atoms with van der Waals surface area (Å²) in [4.78, 5) is 19.8. The summed E-state index contributed by atoms with van der Waals surface area (Å²) in [5, 5.41) is 3.94. The van der Waals surface area contributed by atoms with Gasteiger partial charge in [0.25, 0.3) is 5.91 Å². The highest BCUT2D eigenvalue weighted by molar-refractivity contribution is 6.00. The van der Waals surface area contributed by atoms with E-state index in [1.165, 1.54) is 25.5 Å². The van der Waals surface area contributed by atoms with Gasteiger partial charge in [-0.2, -0.15) is 18.3 Å². The molecule has 160 valence electrons. The second-order valence-corrected chi connectivity index (χ2v) is 10.1. The molecule has 0 atom stereocenters. The van der Waals surface area contributed by atoms with Crippen molar-refractivity contribution in [3.63, 3.8) is 0 Å². The molecule has 5 nitrogen and oxygen atoms in total. The highest BCUT2D eigenvalue weighted by Gasteiger charge is 2.54. The molecular formula is C22H25F3N4O. The van der Waals surface area contributed by atoms with Crippen LogP contribution in [0.4, 0.5) is 13.2 Å². The number of alkyl halides is 3. The van der Waals surface area contributed by atoms with Gasteiger partial charge in [0, 0.05) is 24.2 Å². The first-order chi connectivity index (χ1) is 14.2. The molecule has 1 amide bonds. The van der Waals surface area contributed by atoms with Crippen LogP contribution in [0.3, 0.4) is 0 Å². The van der Waals surface area contributed by atoms with Crippen molar-refractivity contribution in [2.75, 3.05) is 7.05 Å². The largest absolute Gasteiger partial charge is 0.433 e. The Balaban J connectivity index is 1.41. The van der Waals surface area contributed by atoms with Gasteiger partial charge in [0.1, 0.15) is 11.3 Å². The third kappa shape index (κ3) is 2.71. The molecule has 0 spiro atoms. The van der Waals surface area contributed by atoms with Gasteiger partial charge in [-0.1, -0.05) is 0 Å². The van der Waals surface area contributed by atoms with Crippen molar-refractivity contribution in [2.45, 2.75) is 69.0 Å². The van der Waals surface area contributed by atoms with E-state index in [0.717, 1.165) is 42.7 Å². The smallest absolute Gasteiger partial charge is 0.336 e. The second-order valence-electron chi connectivity index (χ2n) is 10.1. The number of aromatic nitrogens is 3. The normalized spacial score (nSPS) is 32.7. The van der Waals surface area contributed by atoms with E-state index in [1.54, 1.807) is 0 Å². The minimum absolute atomic E-state index is 0.0355. The molecule has 2 aromatic heterocycles. The van der Waals surface area contributed by atoms with Crippen molar-refractivity contribution < 1.29 is 18.0 Å². The minimum Gasteiger partial charge on any atom is -0.336 e. The Kier molecular flexibility index (Phi) is 3.71. The molecule has 2 heterocycles. The van der Waals surface area contributed by atoms with Crippen molar-refractivity contribution in [2.24, 2.45) is 17.8 Å². The van der Waals surface area contributed by atoms with E-state index in [0.29, 0.717) is 23.4 Å². The molecule has 0 N–H and O–H groups in total. The highest BCUT2D eigenvalue weighted by atomic mass is 19.4. The molecule has 30 heavy (non-hydrogen) atoms. The van der Waals surface area contributed by atoms with E-state index in [4.69, 9.17) is 0 Å². The average Bonchev–Trinajstić information content (AvgIpc) is 3.43. The van der Waals surface area contributed by atoms with Crippen LogP contribution in [-0.2, 0) is 6.18 Å². The summed E-state index contributed by atoms with van der Waals surface area (Å²) >= 11 is 0. The summed E-state index contributed by atoms with van der Waals surface area (Å²) in [5.74, 6) is 1.82. The lowest BCUT2D eigenvalue weighted by atomic mass is 9.52. The molecule has 4 bridgehead atoms. The van der Waals surface area contributed by atoms with Crippen LogP contribution < -0.4 is 0 Å². The Bertz CT molecular complexity index is 1000. The highest BCUT2D eigenvalue weighted by Crippen LogP contribution is 2.57. The van der Waals surface area contributed by atoms with Crippen LogP contribution in [0.15, 0.2) is 12.3 Å². The quantitative estimate of drug-likeness (QED) is 0.728. The fourth-order valence-electron chi connectivity index (χ4n) is 6.79. The van der Waals surface area contributed by atoms with Gasteiger partial charge in [0.15, 0.2) is 5.65 Å². The first kappa shape index (κ1) is 18.6. The van der Waals surface area contributed by atoms with Crippen LogP contribution in [0.5, 0.6) is 0 Å². The number of hydrogen-bond donors (Lipinski definition) is 0. The van der Waals surface area contributed by atoms with Crippen molar-refractivity contribution in [3.05, 3.63) is 29.2 Å². The number of halogens is 3. The Hall–Kier alpha value is -2.12. The van der Waals surface area contributed by atoms with Crippen molar-refractivity contribution in [1.29, 1.82) is 0 Å². The summed E-state index contributed by atoms with van der Waals surface area (Å²) in [5.41, 5.74) is -0.386. The number of amides is 1. The predicted molar refractivity (Wildman–Crippen MR) is 103 cm³/mol. The molecule has 5 fully saturated rings. The number of nitrogens with zero attached hydrogens (tertiary/aromatic N) is 4. The molecular weight excluding hydrogens is 393 g/mol. The monoisotopic (exact) mass is 418 g/mol. The van der Waals surface area contributed by atoms with Crippen LogP contribution in [0.25, 0.3) is 5.65 Å². The number of carbonyl (C=O) groups excluding carboxylic acids is 1. The molecule has 0 aromatic carbocycles. The summed E-state index contributed by atoms with van der Waals surface area (Å²) in [7, 11) is 1.83. The maximum atomic E-state index is 13.7. The Morgan fingerprint density at radius 3 is 2.27 bits per heavy atom. The van der Waals surface area contributed by atoms with Gasteiger partial charge < -0.3 is 4.90 Å². The molecule has 0 saturated heterocycles. The lowest BCUT2D eigenvalue weighted by Crippen LogP contribution is -2.60. The van der Waals surface area contributed by atoms with Crippen LogP contribution in [0.2, 0.25) is 0 Å². The van der Waals surface area contributed by atoms with Crippen LogP contribution >= 0.6 is 0 Å². The summed E-state index contributed by atoms with van der Waals surface area (Å²) < 4.78 is 41.8. The third-order valence-corrected chi connectivity index (χ3v) is 8.03. The molecule has 8 heteroatoms. The zero-order valence-electron chi connectivity index (χ0n) is 17.0. The van der Waals surface area contributed by atoms with Gasteiger partial charge in [0.2, 0.25) is 0 Å². The van der Waals surface area contributed by atoms with Crippen LogP contribution in [0.1, 0.15) is 79.0 Å². The molecule has 5 saturated carbocycles. The van der Waals surface area contributed by atoms with Crippen molar-refractivity contribution in [3.8, 4) is 0 Å². The molecule has 0 unspecified atom stereocenters. The van der Waals surface area contributed by atoms with Gasteiger partial charge in [0.05, 0.1) is 6.20 Å². The van der Waals surface area contributed by atoms with E-state index in [-0.39, 0.29) is 28.6 Å². The standard InChI is InChI=1S/C22H25F3N4O/c1-28(21-8-12-4-13(9-21)6-14(5-12)10-21)20(30)16-11-26-29-18(22(23,24)25)7-17(15-2-3-15)27-19(16)29/h7,11-15H,2-6,8-10H2,1H3. The molecule has 5 aliphatic rings. The first-order valence-corrected chi connectivity index (χ1v) is 11.0. The van der Waals surface area contributed by atoms with Crippen molar-refractivity contribution in [1.82, 2.24) is 19.5 Å². The maximum absolute atomic E-state index is 13.7. The molecule has 0 aliphatic heterocycles. The Morgan fingerprint density at radius 1 is 1.13 bits per heavy atom. The lowest BCUT2D eigenvalue weighted by Gasteiger charge is -2.59. The van der Waals surface area contributed by atoms with E-state index in [2.05, 4.69) is 10.1 Å². The molecule has 5 aliphatic carbocycles. The fraction of sp³-hybridized carbons (Fsp3) is 0.682. The first-order valence-electron chi connectivity index (χ1n) is 11.0. The zero-order valence-corrected chi connectivity index (χ0v) is 17.0. The number of rotatable bonds is 3. The minimum atomic E-state index is -4.55. The molecule has 7 rings (SSSR count). The fourth-order valence-corrected chi connectivity index (χ4v) is 6.79. The summed E-state index contributed by atoms with van der Waals surface area (Å²) in [6, 6.07) is 1.09. The van der Waals surface area contributed by atoms with E-state index < -0.39 is 11.9 Å². The van der Waals surface area contributed by atoms with E-state index in [9.17, 15) is 18.0 Å². The zero-order chi connectivity index (χ0) is 20.8. The van der Waals surface area contributed by atoms with Crippen LogP contribution in [0, 0.1) is 17.8 Å². The Labute approximate surface area is 172 Å². The predicted octanol–water partition coefficient (Wildman–Crippen LogP) is 4.67. The van der Waals surface area contributed by atoms with Crippen molar-refractivity contribution >= 4 is 11.6 Å². The maximum Gasteiger partial charge on any atom is 0.433 e. The molecule has 2 aromatic rings.